The van der Waals surface area contributed by atoms with Crippen LogP contribution in [0, 0.1) is 20.8 Å². The number of amides is 1. The standard InChI is InChI=1S/C19H22N4O3/c1-5-15(17(24)20-10-14-8-6-11(2)7-9-14)23-13(4)21-18-16(19(23)25)12(3)22-26-18/h6-9,15H,5,10H2,1-4H3,(H,20,24). The van der Waals surface area contributed by atoms with Crippen molar-refractivity contribution in [1.29, 1.82) is 0 Å². The second-order valence-corrected chi connectivity index (χ2v) is 6.41. The molecule has 0 saturated heterocycles. The van der Waals surface area contributed by atoms with Gasteiger partial charge in [-0.05, 0) is 32.8 Å². The summed E-state index contributed by atoms with van der Waals surface area (Å²) in [6, 6.07) is 7.31. The smallest absolute Gasteiger partial charge is 0.267 e. The predicted octanol–water partition coefficient (Wildman–Crippen LogP) is 2.58. The highest BCUT2D eigenvalue weighted by molar-refractivity contribution is 5.81. The summed E-state index contributed by atoms with van der Waals surface area (Å²) in [5, 5.41) is 7.03. The van der Waals surface area contributed by atoms with E-state index in [9.17, 15) is 9.59 Å². The van der Waals surface area contributed by atoms with E-state index in [1.165, 1.54) is 4.57 Å². The van der Waals surface area contributed by atoms with Gasteiger partial charge >= 0.3 is 0 Å². The number of aromatic nitrogens is 3. The first-order chi connectivity index (χ1) is 12.4. The Bertz CT molecular complexity index is 1000. The Labute approximate surface area is 151 Å². The highest BCUT2D eigenvalue weighted by atomic mass is 16.5. The van der Waals surface area contributed by atoms with Gasteiger partial charge in [-0.15, -0.1) is 0 Å². The third-order valence-electron chi connectivity index (χ3n) is 4.48. The molecule has 0 spiro atoms. The fourth-order valence-electron chi connectivity index (χ4n) is 3.01. The summed E-state index contributed by atoms with van der Waals surface area (Å²) in [6.07, 6.45) is 0.470. The number of hydrogen-bond acceptors (Lipinski definition) is 5. The molecule has 1 N–H and O–H groups in total. The molecule has 0 bridgehead atoms. The number of aryl methyl sites for hydroxylation is 3. The number of fused-ring (bicyclic) bond motifs is 1. The zero-order chi connectivity index (χ0) is 18.8. The van der Waals surface area contributed by atoms with E-state index in [2.05, 4.69) is 15.5 Å². The predicted molar refractivity (Wildman–Crippen MR) is 97.9 cm³/mol. The average molecular weight is 354 g/mol. The lowest BCUT2D eigenvalue weighted by Crippen LogP contribution is -2.38. The van der Waals surface area contributed by atoms with Gasteiger partial charge in [-0.2, -0.15) is 4.98 Å². The zero-order valence-electron chi connectivity index (χ0n) is 15.4. The summed E-state index contributed by atoms with van der Waals surface area (Å²) >= 11 is 0. The first kappa shape index (κ1) is 17.8. The summed E-state index contributed by atoms with van der Waals surface area (Å²) < 4.78 is 6.51. The SMILES string of the molecule is CCC(C(=O)NCc1ccc(C)cc1)n1c(C)nc2onc(C)c2c1=O. The molecule has 0 fully saturated rings. The average Bonchev–Trinajstić information content (AvgIpc) is 2.98. The lowest BCUT2D eigenvalue weighted by molar-refractivity contribution is -0.124. The lowest BCUT2D eigenvalue weighted by Gasteiger charge is -2.19. The summed E-state index contributed by atoms with van der Waals surface area (Å²) in [5.74, 6) is 0.213. The van der Waals surface area contributed by atoms with Gasteiger partial charge in [-0.3, -0.25) is 14.2 Å². The van der Waals surface area contributed by atoms with Gasteiger partial charge in [-0.25, -0.2) is 0 Å². The van der Waals surface area contributed by atoms with Crippen molar-refractivity contribution < 1.29 is 9.32 Å². The quantitative estimate of drug-likeness (QED) is 0.760. The van der Waals surface area contributed by atoms with Gasteiger partial charge in [0.15, 0.2) is 0 Å². The first-order valence-corrected chi connectivity index (χ1v) is 8.60. The van der Waals surface area contributed by atoms with Crippen LogP contribution in [0.2, 0.25) is 0 Å². The lowest BCUT2D eigenvalue weighted by atomic mass is 10.1. The molecule has 136 valence electrons. The molecule has 3 aromatic rings. The Morgan fingerprint density at radius 3 is 2.58 bits per heavy atom. The van der Waals surface area contributed by atoms with Crippen LogP contribution in [-0.4, -0.2) is 20.6 Å². The molecule has 1 amide bonds. The Kier molecular flexibility index (Phi) is 4.88. The van der Waals surface area contributed by atoms with Crippen LogP contribution in [0.1, 0.15) is 42.0 Å². The van der Waals surface area contributed by atoms with E-state index in [0.29, 0.717) is 29.9 Å². The second-order valence-electron chi connectivity index (χ2n) is 6.41. The molecule has 2 aromatic heterocycles. The Balaban J connectivity index is 1.89. The van der Waals surface area contributed by atoms with Crippen molar-refractivity contribution in [2.24, 2.45) is 0 Å². The minimum Gasteiger partial charge on any atom is -0.350 e. The summed E-state index contributed by atoms with van der Waals surface area (Å²) in [7, 11) is 0. The first-order valence-electron chi connectivity index (χ1n) is 8.60. The van der Waals surface area contributed by atoms with Crippen LogP contribution in [-0.2, 0) is 11.3 Å². The number of nitrogens with zero attached hydrogens (tertiary/aromatic N) is 3. The molecule has 2 heterocycles. The highest BCUT2D eigenvalue weighted by Crippen LogP contribution is 2.17. The Hall–Kier alpha value is -2.96. The van der Waals surface area contributed by atoms with Crippen LogP contribution in [0.5, 0.6) is 0 Å². The third kappa shape index (κ3) is 3.24. The Morgan fingerprint density at radius 2 is 1.92 bits per heavy atom. The molecule has 0 saturated carbocycles. The van der Waals surface area contributed by atoms with Crippen molar-refractivity contribution >= 4 is 17.0 Å². The van der Waals surface area contributed by atoms with Crippen LogP contribution in [0.4, 0.5) is 0 Å². The minimum absolute atomic E-state index is 0.205. The molecule has 26 heavy (non-hydrogen) atoms. The van der Waals surface area contributed by atoms with E-state index < -0.39 is 6.04 Å². The van der Waals surface area contributed by atoms with Gasteiger partial charge in [0.2, 0.25) is 5.91 Å². The highest BCUT2D eigenvalue weighted by Gasteiger charge is 2.24. The van der Waals surface area contributed by atoms with Gasteiger partial charge in [0, 0.05) is 6.54 Å². The maximum atomic E-state index is 12.9. The molecule has 1 aromatic carbocycles. The molecule has 0 aliphatic rings. The van der Waals surface area contributed by atoms with Crippen molar-refractivity contribution in [3.05, 3.63) is 57.3 Å². The summed E-state index contributed by atoms with van der Waals surface area (Å²) in [4.78, 5) is 29.9. The van der Waals surface area contributed by atoms with E-state index in [-0.39, 0.29) is 17.2 Å². The van der Waals surface area contributed by atoms with Crippen LogP contribution in [0.15, 0.2) is 33.6 Å². The van der Waals surface area contributed by atoms with Crippen molar-refractivity contribution in [1.82, 2.24) is 20.0 Å². The van der Waals surface area contributed by atoms with Gasteiger partial charge in [-0.1, -0.05) is 41.9 Å². The van der Waals surface area contributed by atoms with Gasteiger partial charge in [0.25, 0.3) is 11.3 Å². The maximum Gasteiger partial charge on any atom is 0.267 e. The number of carbonyl (C=O) groups excluding carboxylic acids is 1. The van der Waals surface area contributed by atoms with E-state index in [1.807, 2.05) is 38.1 Å². The van der Waals surface area contributed by atoms with Gasteiger partial charge < -0.3 is 9.84 Å². The minimum atomic E-state index is -0.640. The topological polar surface area (TPSA) is 90.0 Å². The molecular formula is C19H22N4O3. The molecule has 3 rings (SSSR count). The molecule has 1 atom stereocenters. The molecule has 1 unspecified atom stereocenters. The van der Waals surface area contributed by atoms with Crippen molar-refractivity contribution in [2.45, 2.75) is 46.7 Å². The number of rotatable bonds is 5. The maximum absolute atomic E-state index is 12.9. The number of hydrogen-bond donors (Lipinski definition) is 1. The monoisotopic (exact) mass is 354 g/mol. The van der Waals surface area contributed by atoms with E-state index in [4.69, 9.17) is 4.52 Å². The molecule has 0 aliphatic heterocycles. The third-order valence-corrected chi connectivity index (χ3v) is 4.48. The molecule has 0 aliphatic carbocycles. The summed E-state index contributed by atoms with van der Waals surface area (Å²) in [6.45, 7) is 7.67. The molecular weight excluding hydrogens is 332 g/mol. The molecule has 0 radical (unpaired) electrons. The van der Waals surface area contributed by atoms with E-state index in [1.54, 1.807) is 13.8 Å². The van der Waals surface area contributed by atoms with E-state index in [0.717, 1.165) is 11.1 Å². The fraction of sp³-hybridized carbons (Fsp3) is 0.368. The van der Waals surface area contributed by atoms with Crippen LogP contribution in [0.25, 0.3) is 11.1 Å². The normalized spacial score (nSPS) is 12.3. The summed E-state index contributed by atoms with van der Waals surface area (Å²) in [5.41, 5.74) is 2.55. The number of benzene rings is 1. The van der Waals surface area contributed by atoms with Crippen molar-refractivity contribution in [3.63, 3.8) is 0 Å². The van der Waals surface area contributed by atoms with Crippen LogP contribution >= 0.6 is 0 Å². The zero-order valence-corrected chi connectivity index (χ0v) is 15.4. The van der Waals surface area contributed by atoms with E-state index >= 15 is 0 Å². The van der Waals surface area contributed by atoms with Crippen molar-refractivity contribution in [2.75, 3.05) is 0 Å². The second kappa shape index (κ2) is 7.11. The fourth-order valence-corrected chi connectivity index (χ4v) is 3.01. The molecule has 7 heteroatoms. The van der Waals surface area contributed by atoms with Crippen molar-refractivity contribution in [3.8, 4) is 0 Å². The van der Waals surface area contributed by atoms with Crippen LogP contribution < -0.4 is 10.9 Å². The van der Waals surface area contributed by atoms with Gasteiger partial charge in [0.1, 0.15) is 17.3 Å². The Morgan fingerprint density at radius 1 is 1.23 bits per heavy atom. The van der Waals surface area contributed by atoms with Crippen LogP contribution in [0.3, 0.4) is 0 Å². The molecule has 7 nitrogen and oxygen atoms in total. The van der Waals surface area contributed by atoms with Gasteiger partial charge in [0.05, 0.1) is 5.69 Å². The largest absolute Gasteiger partial charge is 0.350 e. The number of carbonyl (C=O) groups is 1. The number of nitrogens with one attached hydrogen (secondary N) is 1.